The number of anilines is 1. The Bertz CT molecular complexity index is 819. The first-order valence-electron chi connectivity index (χ1n) is 8.53. The summed E-state index contributed by atoms with van der Waals surface area (Å²) in [6.07, 6.45) is -0.194. The molecule has 0 aliphatic carbocycles. The monoisotopic (exact) mass is 354 g/mol. The van der Waals surface area contributed by atoms with Crippen LogP contribution in [0.4, 0.5) is 5.69 Å². The normalized spacial score (nSPS) is 15.5. The fourth-order valence-corrected chi connectivity index (χ4v) is 2.91. The maximum absolute atomic E-state index is 12.2. The van der Waals surface area contributed by atoms with E-state index in [1.807, 2.05) is 37.3 Å². The molecule has 3 rings (SSSR count). The fourth-order valence-electron chi connectivity index (χ4n) is 2.91. The number of fused-ring (bicyclic) bond motifs is 1. The molecule has 0 aromatic heterocycles. The quantitative estimate of drug-likeness (QED) is 0.835. The minimum absolute atomic E-state index is 0.0227. The van der Waals surface area contributed by atoms with Gasteiger partial charge in [0.05, 0.1) is 19.2 Å². The van der Waals surface area contributed by atoms with Crippen LogP contribution in [-0.4, -0.2) is 31.6 Å². The van der Waals surface area contributed by atoms with E-state index in [0.717, 1.165) is 16.9 Å². The molecule has 26 heavy (non-hydrogen) atoms. The van der Waals surface area contributed by atoms with Crippen molar-refractivity contribution in [3.63, 3.8) is 0 Å². The van der Waals surface area contributed by atoms with Gasteiger partial charge in [0.1, 0.15) is 11.5 Å². The number of benzene rings is 2. The van der Waals surface area contributed by atoms with Crippen LogP contribution < -0.4 is 20.1 Å². The number of carbonyl (C=O) groups excluding carboxylic acids is 2. The molecule has 2 amide bonds. The Balaban J connectivity index is 1.52. The van der Waals surface area contributed by atoms with Gasteiger partial charge in [0.25, 0.3) is 5.91 Å². The predicted octanol–water partition coefficient (Wildman–Crippen LogP) is 2.45. The van der Waals surface area contributed by atoms with Gasteiger partial charge in [-0.2, -0.15) is 0 Å². The van der Waals surface area contributed by atoms with Crippen molar-refractivity contribution in [2.45, 2.75) is 25.9 Å². The van der Waals surface area contributed by atoms with E-state index in [0.29, 0.717) is 24.4 Å². The number of rotatable bonds is 6. The molecule has 1 heterocycles. The van der Waals surface area contributed by atoms with E-state index in [1.165, 1.54) is 0 Å². The molecule has 0 unspecified atom stereocenters. The summed E-state index contributed by atoms with van der Waals surface area (Å²) in [5.41, 5.74) is 2.80. The molecular weight excluding hydrogens is 332 g/mol. The number of amides is 2. The second-order valence-electron chi connectivity index (χ2n) is 6.21. The van der Waals surface area contributed by atoms with Gasteiger partial charge in [-0.25, -0.2) is 0 Å². The van der Waals surface area contributed by atoms with E-state index in [-0.39, 0.29) is 18.2 Å². The largest absolute Gasteiger partial charge is 0.496 e. The van der Waals surface area contributed by atoms with Crippen LogP contribution >= 0.6 is 0 Å². The van der Waals surface area contributed by atoms with Gasteiger partial charge >= 0.3 is 0 Å². The molecule has 2 aromatic carbocycles. The van der Waals surface area contributed by atoms with Crippen LogP contribution in [0.5, 0.6) is 11.5 Å². The molecule has 0 saturated heterocycles. The molecule has 6 heteroatoms. The third-order valence-corrected chi connectivity index (χ3v) is 4.23. The number of hydrogen-bond donors (Lipinski definition) is 2. The van der Waals surface area contributed by atoms with Crippen LogP contribution in [0.1, 0.15) is 17.5 Å². The van der Waals surface area contributed by atoms with E-state index in [2.05, 4.69) is 10.6 Å². The highest BCUT2D eigenvalue weighted by Crippen LogP contribution is 2.29. The first kappa shape index (κ1) is 17.8. The smallest absolute Gasteiger partial charge is 0.266 e. The summed E-state index contributed by atoms with van der Waals surface area (Å²) in [7, 11) is 1.63. The Hall–Kier alpha value is -3.02. The van der Waals surface area contributed by atoms with Crippen molar-refractivity contribution in [3.8, 4) is 11.5 Å². The molecule has 0 bridgehead atoms. The first-order chi connectivity index (χ1) is 12.6. The third kappa shape index (κ3) is 4.14. The van der Waals surface area contributed by atoms with Gasteiger partial charge in [0.15, 0.2) is 6.10 Å². The summed E-state index contributed by atoms with van der Waals surface area (Å²) >= 11 is 0. The van der Waals surface area contributed by atoms with Crippen molar-refractivity contribution in [2.75, 3.05) is 19.0 Å². The molecule has 6 nitrogen and oxygen atoms in total. The molecule has 1 aliphatic heterocycles. The number of carbonyl (C=O) groups is 2. The van der Waals surface area contributed by atoms with Gasteiger partial charge in [-0.15, -0.1) is 0 Å². The summed E-state index contributed by atoms with van der Waals surface area (Å²) < 4.78 is 11.0. The number of aryl methyl sites for hydroxylation is 1. The standard InChI is InChI=1S/C20H22N2O4/c1-13-7-8-16(25-2)14(11-13)9-10-21-19(23)12-18-20(24)22-15-5-3-4-6-17(15)26-18/h3-8,11,18H,9-10,12H2,1-2H3,(H,21,23)(H,22,24)/t18-/m1/s1. The van der Waals surface area contributed by atoms with Gasteiger partial charge in [-0.1, -0.05) is 29.8 Å². The minimum Gasteiger partial charge on any atom is -0.496 e. The average Bonchev–Trinajstić information content (AvgIpc) is 2.62. The van der Waals surface area contributed by atoms with Crippen LogP contribution in [0.15, 0.2) is 42.5 Å². The Labute approximate surface area is 152 Å². The third-order valence-electron chi connectivity index (χ3n) is 4.23. The molecule has 136 valence electrons. The maximum Gasteiger partial charge on any atom is 0.266 e. The summed E-state index contributed by atoms with van der Waals surface area (Å²) in [6.45, 7) is 2.47. The van der Waals surface area contributed by atoms with Crippen LogP contribution in [0.25, 0.3) is 0 Å². The molecule has 2 aromatic rings. The van der Waals surface area contributed by atoms with Crippen molar-refractivity contribution in [2.24, 2.45) is 0 Å². The van der Waals surface area contributed by atoms with E-state index in [9.17, 15) is 9.59 Å². The van der Waals surface area contributed by atoms with E-state index >= 15 is 0 Å². The number of para-hydroxylation sites is 2. The second-order valence-corrected chi connectivity index (χ2v) is 6.21. The van der Waals surface area contributed by atoms with Gasteiger partial charge in [0.2, 0.25) is 5.91 Å². The van der Waals surface area contributed by atoms with Crippen LogP contribution in [0.3, 0.4) is 0 Å². The molecule has 1 aliphatic rings. The number of ether oxygens (including phenoxy) is 2. The highest BCUT2D eigenvalue weighted by Gasteiger charge is 2.29. The molecule has 1 atom stereocenters. The highest BCUT2D eigenvalue weighted by atomic mass is 16.5. The number of nitrogens with one attached hydrogen (secondary N) is 2. The zero-order valence-electron chi connectivity index (χ0n) is 14.9. The number of methoxy groups -OCH3 is 1. The van der Waals surface area contributed by atoms with E-state index in [1.54, 1.807) is 19.2 Å². The molecular formula is C20H22N2O4. The lowest BCUT2D eigenvalue weighted by Crippen LogP contribution is -2.41. The Morgan fingerprint density at radius 1 is 1.27 bits per heavy atom. The lowest BCUT2D eigenvalue weighted by molar-refractivity contribution is -0.130. The van der Waals surface area contributed by atoms with E-state index < -0.39 is 6.10 Å². The first-order valence-corrected chi connectivity index (χ1v) is 8.53. The van der Waals surface area contributed by atoms with Crippen molar-refractivity contribution < 1.29 is 19.1 Å². The zero-order valence-corrected chi connectivity index (χ0v) is 14.9. The van der Waals surface area contributed by atoms with E-state index in [4.69, 9.17) is 9.47 Å². The van der Waals surface area contributed by atoms with Gasteiger partial charge in [-0.3, -0.25) is 9.59 Å². The molecule has 0 spiro atoms. The molecule has 0 saturated carbocycles. The Morgan fingerprint density at radius 3 is 2.88 bits per heavy atom. The molecule has 2 N–H and O–H groups in total. The van der Waals surface area contributed by atoms with Crippen molar-refractivity contribution >= 4 is 17.5 Å². The summed E-state index contributed by atoms with van der Waals surface area (Å²) in [4.78, 5) is 24.3. The Kier molecular flexibility index (Phi) is 5.41. The topological polar surface area (TPSA) is 76.7 Å². The SMILES string of the molecule is COc1ccc(C)cc1CCNC(=O)C[C@H]1Oc2ccccc2NC1=O. The van der Waals surface area contributed by atoms with Crippen molar-refractivity contribution in [1.82, 2.24) is 5.32 Å². The summed E-state index contributed by atoms with van der Waals surface area (Å²) in [5.74, 6) is 0.848. The lowest BCUT2D eigenvalue weighted by Gasteiger charge is -2.25. The predicted molar refractivity (Wildman–Crippen MR) is 98.5 cm³/mol. The molecule has 0 fully saturated rings. The minimum atomic E-state index is -0.821. The zero-order chi connectivity index (χ0) is 18.5. The van der Waals surface area contributed by atoms with Crippen molar-refractivity contribution in [3.05, 3.63) is 53.6 Å². The average molecular weight is 354 g/mol. The van der Waals surface area contributed by atoms with Gasteiger partial charge in [-0.05, 0) is 37.1 Å². The fraction of sp³-hybridized carbons (Fsp3) is 0.300. The highest BCUT2D eigenvalue weighted by molar-refractivity contribution is 5.99. The molecule has 0 radical (unpaired) electrons. The Morgan fingerprint density at radius 2 is 2.08 bits per heavy atom. The lowest BCUT2D eigenvalue weighted by atomic mass is 10.1. The van der Waals surface area contributed by atoms with Crippen LogP contribution in [0, 0.1) is 6.92 Å². The van der Waals surface area contributed by atoms with Crippen LogP contribution in [0.2, 0.25) is 0 Å². The second kappa shape index (κ2) is 7.91. The number of hydrogen-bond acceptors (Lipinski definition) is 4. The summed E-state index contributed by atoms with van der Waals surface area (Å²) in [5, 5.41) is 5.60. The van der Waals surface area contributed by atoms with Gasteiger partial charge < -0.3 is 20.1 Å². The maximum atomic E-state index is 12.2. The van der Waals surface area contributed by atoms with Crippen LogP contribution in [-0.2, 0) is 16.0 Å². The van der Waals surface area contributed by atoms with Gasteiger partial charge in [0, 0.05) is 6.54 Å². The summed E-state index contributed by atoms with van der Waals surface area (Å²) in [6, 6.07) is 13.1. The van der Waals surface area contributed by atoms with Crippen molar-refractivity contribution in [1.29, 1.82) is 0 Å².